The van der Waals surface area contributed by atoms with Gasteiger partial charge in [-0.15, -0.1) is 0 Å². The zero-order chi connectivity index (χ0) is 14.2. The Morgan fingerprint density at radius 2 is 2.20 bits per heavy atom. The number of nitrogens with zero attached hydrogens (tertiary/aromatic N) is 3. The Labute approximate surface area is 122 Å². The number of piperazine rings is 1. The molecule has 1 aliphatic heterocycles. The van der Waals surface area contributed by atoms with Crippen molar-refractivity contribution in [1.82, 2.24) is 19.8 Å². The largest absolute Gasteiger partial charge is 0.334 e. The Balaban J connectivity index is 1.64. The van der Waals surface area contributed by atoms with Gasteiger partial charge < -0.3 is 9.88 Å². The van der Waals surface area contributed by atoms with E-state index in [0.717, 1.165) is 37.4 Å². The summed E-state index contributed by atoms with van der Waals surface area (Å²) >= 11 is 0. The van der Waals surface area contributed by atoms with Gasteiger partial charge >= 0.3 is 0 Å². The maximum Gasteiger partial charge on any atom is 0.105 e. The van der Waals surface area contributed by atoms with Crippen LogP contribution < -0.4 is 5.32 Å². The lowest BCUT2D eigenvalue weighted by atomic mass is 9.91. The number of imidazole rings is 1. The Kier molecular flexibility index (Phi) is 3.87. The Hall–Kier alpha value is -0.870. The van der Waals surface area contributed by atoms with Crippen LogP contribution >= 0.6 is 0 Å². The van der Waals surface area contributed by atoms with Crippen molar-refractivity contribution >= 4 is 0 Å². The lowest BCUT2D eigenvalue weighted by molar-refractivity contribution is 0.0410. The van der Waals surface area contributed by atoms with Gasteiger partial charge in [-0.1, -0.05) is 6.92 Å². The first kappa shape index (κ1) is 14.1. The van der Waals surface area contributed by atoms with Gasteiger partial charge in [0.2, 0.25) is 0 Å². The molecular weight excluding hydrogens is 248 g/mol. The van der Waals surface area contributed by atoms with Crippen LogP contribution in [0.2, 0.25) is 0 Å². The first-order valence-electron chi connectivity index (χ1n) is 8.08. The second-order valence-corrected chi connectivity index (χ2v) is 6.79. The molecule has 0 bridgehead atoms. The summed E-state index contributed by atoms with van der Waals surface area (Å²) < 4.78 is 2.27. The highest BCUT2D eigenvalue weighted by molar-refractivity contribution is 5.00. The van der Waals surface area contributed by atoms with Gasteiger partial charge in [0.1, 0.15) is 5.82 Å². The average Bonchev–Trinajstić information content (AvgIpc) is 3.22. The summed E-state index contributed by atoms with van der Waals surface area (Å²) in [6.45, 7) is 11.3. The van der Waals surface area contributed by atoms with Crippen LogP contribution in [0.4, 0.5) is 0 Å². The van der Waals surface area contributed by atoms with Crippen molar-refractivity contribution in [1.29, 1.82) is 0 Å². The summed E-state index contributed by atoms with van der Waals surface area (Å²) in [6, 6.07) is 0.721. The number of rotatable bonds is 5. The fraction of sp³-hybridized carbons (Fsp3) is 0.812. The molecule has 1 N–H and O–H groups in total. The second kappa shape index (κ2) is 5.49. The molecule has 1 saturated heterocycles. The minimum atomic E-state index is 0.305. The molecule has 1 aromatic rings. The van der Waals surface area contributed by atoms with Gasteiger partial charge in [0.05, 0.1) is 0 Å². The summed E-state index contributed by atoms with van der Waals surface area (Å²) in [5.74, 6) is 2.06. The van der Waals surface area contributed by atoms with Crippen molar-refractivity contribution < 1.29 is 0 Å². The standard InChI is InChI=1S/C16H28N4/c1-4-16(3)12-18-15(14-5-6-14)11-20(16)10-9-19-8-7-17-13(19)2/h7-8,14-15,18H,4-6,9-12H2,1-3H3. The van der Waals surface area contributed by atoms with Crippen LogP contribution in [-0.2, 0) is 6.54 Å². The van der Waals surface area contributed by atoms with Gasteiger partial charge in [0, 0.05) is 50.2 Å². The fourth-order valence-electron chi connectivity index (χ4n) is 3.38. The van der Waals surface area contributed by atoms with E-state index < -0.39 is 0 Å². The third-order valence-electron chi connectivity index (χ3n) is 5.41. The zero-order valence-electron chi connectivity index (χ0n) is 13.1. The van der Waals surface area contributed by atoms with Gasteiger partial charge in [-0.05, 0) is 39.0 Å². The molecule has 2 aliphatic rings. The predicted octanol–water partition coefficient (Wildman–Crippen LogP) is 2.04. The highest BCUT2D eigenvalue weighted by atomic mass is 15.3. The highest BCUT2D eigenvalue weighted by Crippen LogP contribution is 2.36. The number of nitrogens with one attached hydrogen (secondary N) is 1. The molecule has 0 aromatic carbocycles. The first-order chi connectivity index (χ1) is 9.62. The van der Waals surface area contributed by atoms with Gasteiger partial charge in [-0.3, -0.25) is 4.90 Å². The maximum atomic E-state index is 4.32. The smallest absolute Gasteiger partial charge is 0.105 e. The highest BCUT2D eigenvalue weighted by Gasteiger charge is 2.41. The van der Waals surface area contributed by atoms with E-state index in [1.165, 1.54) is 25.8 Å². The van der Waals surface area contributed by atoms with Crippen LogP contribution in [0.25, 0.3) is 0 Å². The summed E-state index contributed by atoms with van der Waals surface area (Å²) in [7, 11) is 0. The molecule has 1 aliphatic carbocycles. The molecule has 2 atom stereocenters. The van der Waals surface area contributed by atoms with E-state index in [1.807, 2.05) is 6.20 Å². The summed E-state index contributed by atoms with van der Waals surface area (Å²) in [5, 5.41) is 3.80. The Morgan fingerprint density at radius 3 is 2.80 bits per heavy atom. The number of hydrogen-bond donors (Lipinski definition) is 1. The molecular formula is C16H28N4. The number of aryl methyl sites for hydroxylation is 1. The van der Waals surface area contributed by atoms with Crippen molar-refractivity contribution in [2.45, 2.75) is 58.2 Å². The number of aromatic nitrogens is 2. The molecule has 0 radical (unpaired) electrons. The van der Waals surface area contributed by atoms with E-state index in [1.54, 1.807) is 0 Å². The van der Waals surface area contributed by atoms with Crippen molar-refractivity contribution in [3.8, 4) is 0 Å². The third kappa shape index (κ3) is 2.77. The minimum Gasteiger partial charge on any atom is -0.334 e. The average molecular weight is 276 g/mol. The van der Waals surface area contributed by atoms with Crippen LogP contribution in [0.5, 0.6) is 0 Å². The van der Waals surface area contributed by atoms with Crippen LogP contribution in [-0.4, -0.2) is 45.7 Å². The topological polar surface area (TPSA) is 33.1 Å². The lowest BCUT2D eigenvalue weighted by Gasteiger charge is -2.48. The summed E-state index contributed by atoms with van der Waals surface area (Å²) in [6.07, 6.45) is 8.06. The van der Waals surface area contributed by atoms with E-state index in [-0.39, 0.29) is 0 Å². The Morgan fingerprint density at radius 1 is 1.40 bits per heavy atom. The third-order valence-corrected chi connectivity index (χ3v) is 5.41. The van der Waals surface area contributed by atoms with Crippen molar-refractivity contribution in [3.05, 3.63) is 18.2 Å². The van der Waals surface area contributed by atoms with E-state index in [2.05, 4.69) is 46.7 Å². The molecule has 2 heterocycles. The van der Waals surface area contributed by atoms with Crippen LogP contribution in [0.3, 0.4) is 0 Å². The van der Waals surface area contributed by atoms with Gasteiger partial charge in [0.25, 0.3) is 0 Å². The minimum absolute atomic E-state index is 0.305. The Bertz CT molecular complexity index is 451. The maximum absolute atomic E-state index is 4.32. The molecule has 2 fully saturated rings. The van der Waals surface area contributed by atoms with Gasteiger partial charge in [0.15, 0.2) is 0 Å². The van der Waals surface area contributed by atoms with E-state index in [0.29, 0.717) is 5.54 Å². The summed E-state index contributed by atoms with van der Waals surface area (Å²) in [5.41, 5.74) is 0.305. The summed E-state index contributed by atoms with van der Waals surface area (Å²) in [4.78, 5) is 7.04. The molecule has 20 heavy (non-hydrogen) atoms. The van der Waals surface area contributed by atoms with Crippen molar-refractivity contribution in [2.75, 3.05) is 19.6 Å². The van der Waals surface area contributed by atoms with E-state index in [9.17, 15) is 0 Å². The predicted molar refractivity (Wildman–Crippen MR) is 81.7 cm³/mol. The molecule has 1 saturated carbocycles. The van der Waals surface area contributed by atoms with E-state index in [4.69, 9.17) is 0 Å². The molecule has 2 unspecified atom stereocenters. The zero-order valence-corrected chi connectivity index (χ0v) is 13.1. The van der Waals surface area contributed by atoms with Gasteiger partial charge in [-0.25, -0.2) is 4.98 Å². The van der Waals surface area contributed by atoms with Crippen molar-refractivity contribution in [2.24, 2.45) is 5.92 Å². The number of hydrogen-bond acceptors (Lipinski definition) is 3. The molecule has 1 aromatic heterocycles. The van der Waals surface area contributed by atoms with Gasteiger partial charge in [-0.2, -0.15) is 0 Å². The molecule has 112 valence electrons. The molecule has 4 nitrogen and oxygen atoms in total. The molecule has 0 spiro atoms. The van der Waals surface area contributed by atoms with E-state index >= 15 is 0 Å². The normalized spacial score (nSPS) is 31.6. The van der Waals surface area contributed by atoms with Crippen LogP contribution in [0.15, 0.2) is 12.4 Å². The quantitative estimate of drug-likeness (QED) is 0.893. The molecule has 4 heteroatoms. The SMILES string of the molecule is CCC1(C)CNC(C2CC2)CN1CCn1ccnc1C. The first-order valence-corrected chi connectivity index (χ1v) is 8.08. The fourth-order valence-corrected chi connectivity index (χ4v) is 3.38. The van der Waals surface area contributed by atoms with Crippen LogP contribution in [0, 0.1) is 12.8 Å². The lowest BCUT2D eigenvalue weighted by Crippen LogP contribution is -2.64. The molecule has 3 rings (SSSR count). The second-order valence-electron chi connectivity index (χ2n) is 6.79. The van der Waals surface area contributed by atoms with Crippen LogP contribution in [0.1, 0.15) is 38.9 Å². The van der Waals surface area contributed by atoms with Crippen molar-refractivity contribution in [3.63, 3.8) is 0 Å². The monoisotopic (exact) mass is 276 g/mol. The molecule has 0 amide bonds.